The second-order valence-corrected chi connectivity index (χ2v) is 3.48. The third-order valence-electron chi connectivity index (χ3n) is 2.68. The normalized spacial score (nSPS) is 19.1. The predicted molar refractivity (Wildman–Crippen MR) is 49.4 cm³/mol. The van der Waals surface area contributed by atoms with Crippen LogP contribution in [0.25, 0.3) is 0 Å². The molecular formula is C10H13NO2. The molecule has 1 aromatic rings. The quantitative estimate of drug-likeness (QED) is 0.491. The Labute approximate surface area is 77.1 Å². The summed E-state index contributed by atoms with van der Waals surface area (Å²) in [6.07, 6.45) is 2.82. The van der Waals surface area contributed by atoms with Crippen molar-refractivity contribution in [2.24, 2.45) is 5.16 Å². The van der Waals surface area contributed by atoms with Gasteiger partial charge in [0.2, 0.25) is 0 Å². The maximum Gasteiger partial charge on any atom is 0.113 e. The number of furan rings is 1. The third kappa shape index (κ3) is 1.15. The van der Waals surface area contributed by atoms with Gasteiger partial charge in [0.1, 0.15) is 11.5 Å². The highest BCUT2D eigenvalue weighted by molar-refractivity contribution is 6.03. The number of oxime groups is 1. The van der Waals surface area contributed by atoms with E-state index in [1.807, 2.05) is 13.8 Å². The molecule has 0 unspecified atom stereocenters. The molecule has 0 atom stereocenters. The van der Waals surface area contributed by atoms with Crippen molar-refractivity contribution in [3.63, 3.8) is 0 Å². The Kier molecular flexibility index (Phi) is 1.87. The lowest BCUT2D eigenvalue weighted by atomic mass is 9.93. The zero-order valence-corrected chi connectivity index (χ0v) is 7.92. The van der Waals surface area contributed by atoms with E-state index in [2.05, 4.69) is 5.16 Å². The summed E-state index contributed by atoms with van der Waals surface area (Å²) in [5.74, 6) is 1.92. The number of fused-ring (bicyclic) bond motifs is 1. The Balaban J connectivity index is 2.60. The lowest BCUT2D eigenvalue weighted by Gasteiger charge is -2.11. The summed E-state index contributed by atoms with van der Waals surface area (Å²) in [6.45, 7) is 3.96. The van der Waals surface area contributed by atoms with Crippen LogP contribution in [0.3, 0.4) is 0 Å². The average molecular weight is 179 g/mol. The maximum atomic E-state index is 8.82. The van der Waals surface area contributed by atoms with Gasteiger partial charge in [-0.25, -0.2) is 0 Å². The van der Waals surface area contributed by atoms with Crippen molar-refractivity contribution in [2.45, 2.75) is 33.1 Å². The number of nitrogens with zero attached hydrogens (tertiary/aromatic N) is 1. The van der Waals surface area contributed by atoms with Crippen molar-refractivity contribution < 1.29 is 9.62 Å². The first-order valence-electron chi connectivity index (χ1n) is 4.54. The van der Waals surface area contributed by atoms with Gasteiger partial charge < -0.3 is 9.62 Å². The van der Waals surface area contributed by atoms with Gasteiger partial charge in [-0.05, 0) is 32.3 Å². The summed E-state index contributed by atoms with van der Waals surface area (Å²) in [7, 11) is 0. The lowest BCUT2D eigenvalue weighted by Crippen LogP contribution is -2.10. The van der Waals surface area contributed by atoms with E-state index >= 15 is 0 Å². The van der Waals surface area contributed by atoms with Crippen LogP contribution < -0.4 is 0 Å². The van der Waals surface area contributed by atoms with Crippen LogP contribution in [0.5, 0.6) is 0 Å². The molecule has 3 heteroatoms. The zero-order valence-electron chi connectivity index (χ0n) is 7.92. The minimum Gasteiger partial charge on any atom is -0.465 e. The van der Waals surface area contributed by atoms with Gasteiger partial charge in [-0.15, -0.1) is 0 Å². The van der Waals surface area contributed by atoms with E-state index in [0.29, 0.717) is 0 Å². The van der Waals surface area contributed by atoms with Crippen molar-refractivity contribution >= 4 is 5.71 Å². The molecule has 0 aliphatic heterocycles. The van der Waals surface area contributed by atoms with Gasteiger partial charge in [0, 0.05) is 12.0 Å². The summed E-state index contributed by atoms with van der Waals surface area (Å²) in [4.78, 5) is 0. The van der Waals surface area contributed by atoms with E-state index < -0.39 is 0 Å². The number of hydrogen-bond acceptors (Lipinski definition) is 3. The molecule has 0 spiro atoms. The molecule has 1 aliphatic rings. The van der Waals surface area contributed by atoms with Gasteiger partial charge in [-0.3, -0.25) is 0 Å². The van der Waals surface area contributed by atoms with Crippen molar-refractivity contribution in [1.29, 1.82) is 0 Å². The Morgan fingerprint density at radius 2 is 2.08 bits per heavy atom. The fraction of sp³-hybridized carbons (Fsp3) is 0.500. The largest absolute Gasteiger partial charge is 0.465 e. The van der Waals surface area contributed by atoms with E-state index in [4.69, 9.17) is 9.62 Å². The minimum atomic E-state index is 0.774. The first-order chi connectivity index (χ1) is 6.24. The van der Waals surface area contributed by atoms with Crippen LogP contribution in [0.15, 0.2) is 9.57 Å². The van der Waals surface area contributed by atoms with Crippen molar-refractivity contribution in [1.82, 2.24) is 0 Å². The Bertz CT molecular complexity index is 363. The fourth-order valence-electron chi connectivity index (χ4n) is 1.89. The van der Waals surface area contributed by atoms with Crippen LogP contribution in [0.1, 0.15) is 35.5 Å². The Morgan fingerprint density at radius 1 is 1.31 bits per heavy atom. The Morgan fingerprint density at radius 3 is 2.77 bits per heavy atom. The van der Waals surface area contributed by atoms with Gasteiger partial charge in [0.05, 0.1) is 5.71 Å². The van der Waals surface area contributed by atoms with E-state index in [-0.39, 0.29) is 0 Å². The van der Waals surface area contributed by atoms with Crippen LogP contribution in [0.2, 0.25) is 0 Å². The van der Waals surface area contributed by atoms with E-state index in [0.717, 1.165) is 47.6 Å². The molecule has 1 N–H and O–H groups in total. The summed E-state index contributed by atoms with van der Waals surface area (Å²) < 4.78 is 5.58. The molecule has 0 aromatic carbocycles. The molecule has 2 rings (SSSR count). The monoisotopic (exact) mass is 179 g/mol. The van der Waals surface area contributed by atoms with Gasteiger partial charge in [0.25, 0.3) is 0 Å². The summed E-state index contributed by atoms with van der Waals surface area (Å²) in [5, 5.41) is 12.1. The zero-order chi connectivity index (χ0) is 9.42. The van der Waals surface area contributed by atoms with E-state index in [1.54, 1.807) is 0 Å². The number of hydrogen-bond donors (Lipinski definition) is 1. The smallest absolute Gasteiger partial charge is 0.113 e. The van der Waals surface area contributed by atoms with Crippen LogP contribution >= 0.6 is 0 Å². The summed E-state index contributed by atoms with van der Waals surface area (Å²) in [5.41, 5.74) is 2.92. The molecule has 3 nitrogen and oxygen atoms in total. The highest BCUT2D eigenvalue weighted by Gasteiger charge is 2.23. The van der Waals surface area contributed by atoms with Crippen molar-refractivity contribution in [3.05, 3.63) is 22.6 Å². The van der Waals surface area contributed by atoms with Gasteiger partial charge in [-0.1, -0.05) is 5.16 Å². The molecule has 1 heterocycles. The molecule has 0 amide bonds. The SMILES string of the molecule is Cc1oc2c(c1C)/C(=N/O)CCC2. The van der Waals surface area contributed by atoms with E-state index in [9.17, 15) is 0 Å². The summed E-state index contributed by atoms with van der Waals surface area (Å²) >= 11 is 0. The molecule has 1 aromatic heterocycles. The second-order valence-electron chi connectivity index (χ2n) is 3.48. The van der Waals surface area contributed by atoms with Crippen LogP contribution in [0, 0.1) is 13.8 Å². The lowest BCUT2D eigenvalue weighted by molar-refractivity contribution is 0.317. The van der Waals surface area contributed by atoms with Crippen LogP contribution in [-0.4, -0.2) is 10.9 Å². The van der Waals surface area contributed by atoms with Crippen LogP contribution in [0.4, 0.5) is 0 Å². The van der Waals surface area contributed by atoms with Gasteiger partial charge in [-0.2, -0.15) is 0 Å². The third-order valence-corrected chi connectivity index (χ3v) is 2.68. The van der Waals surface area contributed by atoms with Crippen LogP contribution in [-0.2, 0) is 6.42 Å². The van der Waals surface area contributed by atoms with Crippen molar-refractivity contribution in [2.75, 3.05) is 0 Å². The molecule has 0 bridgehead atoms. The topological polar surface area (TPSA) is 45.7 Å². The highest BCUT2D eigenvalue weighted by Crippen LogP contribution is 2.28. The molecular weight excluding hydrogens is 166 g/mol. The number of rotatable bonds is 0. The molecule has 0 saturated carbocycles. The average Bonchev–Trinajstić information content (AvgIpc) is 2.43. The molecule has 1 aliphatic carbocycles. The molecule has 13 heavy (non-hydrogen) atoms. The predicted octanol–water partition coefficient (Wildman–Crippen LogP) is 2.41. The van der Waals surface area contributed by atoms with E-state index in [1.165, 1.54) is 0 Å². The molecule has 0 radical (unpaired) electrons. The minimum absolute atomic E-state index is 0.774. The molecule has 0 fully saturated rings. The van der Waals surface area contributed by atoms with Gasteiger partial charge >= 0.3 is 0 Å². The first kappa shape index (κ1) is 8.35. The summed E-state index contributed by atoms with van der Waals surface area (Å²) in [6, 6.07) is 0. The van der Waals surface area contributed by atoms with Gasteiger partial charge in [0.15, 0.2) is 0 Å². The molecule has 70 valence electrons. The first-order valence-corrected chi connectivity index (χ1v) is 4.54. The molecule has 0 saturated heterocycles. The Hall–Kier alpha value is -1.25. The second kappa shape index (κ2) is 2.91. The highest BCUT2D eigenvalue weighted by atomic mass is 16.4. The number of aryl methyl sites for hydroxylation is 2. The standard InChI is InChI=1S/C10H13NO2/c1-6-7(2)13-9-5-3-4-8(11-12)10(6)9/h12H,3-5H2,1-2H3/b11-8+. The maximum absolute atomic E-state index is 8.82. The fourth-order valence-corrected chi connectivity index (χ4v) is 1.89. The van der Waals surface area contributed by atoms with Crippen molar-refractivity contribution in [3.8, 4) is 0 Å².